The number of ether oxygens (including phenoxy) is 1. The fourth-order valence-electron chi connectivity index (χ4n) is 4.13. The standard InChI is InChI=1S/C26H31N5O2S/c1-4-14-31-24(22-12-8-9-13-23(22)33-3)27-28-26(31)34-20(2)25(32)30-17-15-29(16-18-30)19-21-10-6-5-7-11-21/h4-13,20H,1,14-19H2,2-3H3/t20-/m1/s1. The fraction of sp³-hybridized carbons (Fsp3) is 0.346. The SMILES string of the molecule is C=CCn1c(S[C@H](C)C(=O)N2CCN(Cc3ccccc3)CC2)nnc1-c1ccccc1OC. The summed E-state index contributed by atoms with van der Waals surface area (Å²) in [6.07, 6.45) is 1.81. The van der Waals surface area contributed by atoms with E-state index in [1.54, 1.807) is 7.11 Å². The molecule has 0 saturated carbocycles. The van der Waals surface area contributed by atoms with Crippen molar-refractivity contribution in [3.8, 4) is 17.1 Å². The van der Waals surface area contributed by atoms with Crippen molar-refractivity contribution in [1.29, 1.82) is 0 Å². The van der Waals surface area contributed by atoms with Crippen LogP contribution in [0.1, 0.15) is 12.5 Å². The molecule has 1 saturated heterocycles. The highest BCUT2D eigenvalue weighted by Crippen LogP contribution is 2.32. The van der Waals surface area contributed by atoms with E-state index in [-0.39, 0.29) is 11.2 Å². The Bertz CT molecular complexity index is 1110. The Morgan fingerprint density at radius 1 is 1.09 bits per heavy atom. The molecule has 1 atom stereocenters. The van der Waals surface area contributed by atoms with Gasteiger partial charge in [-0.15, -0.1) is 16.8 Å². The summed E-state index contributed by atoms with van der Waals surface area (Å²) >= 11 is 1.44. The molecule has 1 amide bonds. The van der Waals surface area contributed by atoms with Crippen molar-refractivity contribution >= 4 is 17.7 Å². The Labute approximate surface area is 205 Å². The Morgan fingerprint density at radius 3 is 2.50 bits per heavy atom. The van der Waals surface area contributed by atoms with E-state index < -0.39 is 0 Å². The van der Waals surface area contributed by atoms with Crippen LogP contribution in [-0.2, 0) is 17.9 Å². The monoisotopic (exact) mass is 477 g/mol. The smallest absolute Gasteiger partial charge is 0.235 e. The van der Waals surface area contributed by atoms with Crippen molar-refractivity contribution in [3.05, 3.63) is 72.8 Å². The number of carbonyl (C=O) groups is 1. The topological polar surface area (TPSA) is 63.5 Å². The molecule has 1 fully saturated rings. The lowest BCUT2D eigenvalue weighted by Gasteiger charge is -2.35. The first-order valence-corrected chi connectivity index (χ1v) is 12.4. The van der Waals surface area contributed by atoms with Gasteiger partial charge in [-0.2, -0.15) is 0 Å². The Kier molecular flexibility index (Phi) is 8.03. The normalized spacial score (nSPS) is 15.2. The first kappa shape index (κ1) is 24.0. The van der Waals surface area contributed by atoms with Gasteiger partial charge in [-0.1, -0.05) is 60.3 Å². The maximum Gasteiger partial charge on any atom is 0.235 e. The number of methoxy groups -OCH3 is 1. The first-order chi connectivity index (χ1) is 16.6. The molecule has 3 aromatic rings. The van der Waals surface area contributed by atoms with Gasteiger partial charge >= 0.3 is 0 Å². The molecule has 1 aromatic heterocycles. The molecule has 4 rings (SSSR count). The van der Waals surface area contributed by atoms with Crippen molar-refractivity contribution in [2.24, 2.45) is 0 Å². The highest BCUT2D eigenvalue weighted by atomic mass is 32.2. The van der Waals surface area contributed by atoms with Gasteiger partial charge in [-0.25, -0.2) is 0 Å². The van der Waals surface area contributed by atoms with Crippen molar-refractivity contribution in [2.75, 3.05) is 33.3 Å². The number of piperazine rings is 1. The fourth-order valence-corrected chi connectivity index (χ4v) is 5.07. The lowest BCUT2D eigenvalue weighted by molar-refractivity contribution is -0.132. The van der Waals surface area contributed by atoms with Crippen molar-refractivity contribution in [2.45, 2.75) is 30.4 Å². The molecule has 0 bridgehead atoms. The second-order valence-electron chi connectivity index (χ2n) is 8.25. The second kappa shape index (κ2) is 11.4. The van der Waals surface area contributed by atoms with Gasteiger partial charge in [-0.3, -0.25) is 14.3 Å². The summed E-state index contributed by atoms with van der Waals surface area (Å²) in [4.78, 5) is 17.6. The molecule has 2 aromatic carbocycles. The zero-order chi connectivity index (χ0) is 23.9. The third-order valence-electron chi connectivity index (χ3n) is 5.94. The summed E-state index contributed by atoms with van der Waals surface area (Å²) in [5.74, 6) is 1.57. The Balaban J connectivity index is 1.40. The van der Waals surface area contributed by atoms with Crippen LogP contribution >= 0.6 is 11.8 Å². The number of aromatic nitrogens is 3. The summed E-state index contributed by atoms with van der Waals surface area (Å²) < 4.78 is 7.49. The van der Waals surface area contributed by atoms with Gasteiger partial charge in [0.05, 0.1) is 17.9 Å². The summed E-state index contributed by atoms with van der Waals surface area (Å²) in [6.45, 7) is 10.5. The van der Waals surface area contributed by atoms with E-state index in [0.29, 0.717) is 17.5 Å². The number of nitrogens with zero attached hydrogens (tertiary/aromatic N) is 5. The molecule has 7 nitrogen and oxygen atoms in total. The molecule has 0 unspecified atom stereocenters. The minimum Gasteiger partial charge on any atom is -0.496 e. The molecular formula is C26H31N5O2S. The predicted molar refractivity (Wildman–Crippen MR) is 136 cm³/mol. The van der Waals surface area contributed by atoms with Gasteiger partial charge in [0, 0.05) is 39.3 Å². The van der Waals surface area contributed by atoms with Crippen LogP contribution in [0, 0.1) is 0 Å². The summed E-state index contributed by atoms with van der Waals surface area (Å²) in [5, 5.41) is 9.26. The van der Waals surface area contributed by atoms with E-state index in [1.165, 1.54) is 17.3 Å². The van der Waals surface area contributed by atoms with Gasteiger partial charge in [0.1, 0.15) is 5.75 Å². The number of amides is 1. The maximum atomic E-state index is 13.2. The molecule has 0 spiro atoms. The van der Waals surface area contributed by atoms with Crippen LogP contribution in [0.4, 0.5) is 0 Å². The predicted octanol–water partition coefficient (Wildman–Crippen LogP) is 3.96. The first-order valence-electron chi connectivity index (χ1n) is 11.5. The van der Waals surface area contributed by atoms with Crippen LogP contribution in [0.15, 0.2) is 72.4 Å². The minimum absolute atomic E-state index is 0.136. The number of para-hydroxylation sites is 1. The molecule has 8 heteroatoms. The van der Waals surface area contributed by atoms with Crippen LogP contribution in [-0.4, -0.2) is 69.0 Å². The molecule has 0 radical (unpaired) electrons. The minimum atomic E-state index is -0.265. The number of carbonyl (C=O) groups excluding carboxylic acids is 1. The number of thioether (sulfide) groups is 1. The van der Waals surface area contributed by atoms with Crippen LogP contribution in [0.5, 0.6) is 5.75 Å². The van der Waals surface area contributed by atoms with Crippen LogP contribution in [0.25, 0.3) is 11.4 Å². The zero-order valence-electron chi connectivity index (χ0n) is 19.8. The van der Waals surface area contributed by atoms with E-state index in [9.17, 15) is 4.79 Å². The van der Waals surface area contributed by atoms with E-state index in [1.807, 2.05) is 52.8 Å². The average molecular weight is 478 g/mol. The summed E-state index contributed by atoms with van der Waals surface area (Å²) in [5.41, 5.74) is 2.17. The van der Waals surface area contributed by atoms with E-state index in [0.717, 1.165) is 44.0 Å². The van der Waals surface area contributed by atoms with Gasteiger partial charge in [0.15, 0.2) is 11.0 Å². The maximum absolute atomic E-state index is 13.2. The molecule has 34 heavy (non-hydrogen) atoms. The highest BCUT2D eigenvalue weighted by Gasteiger charge is 2.27. The van der Waals surface area contributed by atoms with Gasteiger partial charge < -0.3 is 9.64 Å². The molecule has 0 aliphatic carbocycles. The Hall–Kier alpha value is -3.10. The lowest BCUT2D eigenvalue weighted by atomic mass is 10.2. The molecule has 0 N–H and O–H groups in total. The summed E-state index contributed by atoms with van der Waals surface area (Å²) in [7, 11) is 1.64. The number of hydrogen-bond donors (Lipinski definition) is 0. The van der Waals surface area contributed by atoms with E-state index in [4.69, 9.17) is 4.74 Å². The third kappa shape index (κ3) is 5.51. The molecule has 1 aliphatic rings. The molecule has 2 heterocycles. The Morgan fingerprint density at radius 2 is 1.79 bits per heavy atom. The van der Waals surface area contributed by atoms with Crippen molar-refractivity contribution in [3.63, 3.8) is 0 Å². The van der Waals surface area contributed by atoms with Crippen LogP contribution in [0.2, 0.25) is 0 Å². The van der Waals surface area contributed by atoms with Crippen molar-refractivity contribution in [1.82, 2.24) is 24.6 Å². The van der Waals surface area contributed by atoms with Gasteiger partial charge in [-0.05, 0) is 24.6 Å². The zero-order valence-corrected chi connectivity index (χ0v) is 20.6. The highest BCUT2D eigenvalue weighted by molar-refractivity contribution is 8.00. The lowest BCUT2D eigenvalue weighted by Crippen LogP contribution is -2.50. The average Bonchev–Trinajstić information content (AvgIpc) is 3.26. The van der Waals surface area contributed by atoms with E-state index in [2.05, 4.69) is 45.9 Å². The third-order valence-corrected chi connectivity index (χ3v) is 7.01. The van der Waals surface area contributed by atoms with Crippen LogP contribution in [0.3, 0.4) is 0 Å². The van der Waals surface area contributed by atoms with Crippen LogP contribution < -0.4 is 4.74 Å². The number of rotatable bonds is 9. The van der Waals surface area contributed by atoms with Gasteiger partial charge in [0.2, 0.25) is 5.91 Å². The number of benzene rings is 2. The van der Waals surface area contributed by atoms with Gasteiger partial charge in [0.25, 0.3) is 0 Å². The molecule has 178 valence electrons. The number of allylic oxidation sites excluding steroid dienone is 1. The quantitative estimate of drug-likeness (QED) is 0.343. The largest absolute Gasteiger partial charge is 0.496 e. The summed E-state index contributed by atoms with van der Waals surface area (Å²) in [6, 6.07) is 18.2. The number of hydrogen-bond acceptors (Lipinski definition) is 6. The second-order valence-corrected chi connectivity index (χ2v) is 9.56. The molecule has 1 aliphatic heterocycles. The van der Waals surface area contributed by atoms with E-state index >= 15 is 0 Å². The van der Waals surface area contributed by atoms with Crippen molar-refractivity contribution < 1.29 is 9.53 Å². The molecular weight excluding hydrogens is 446 g/mol.